The van der Waals surface area contributed by atoms with Gasteiger partial charge in [-0.15, -0.1) is 0 Å². The molecule has 1 aliphatic rings. The van der Waals surface area contributed by atoms with E-state index in [1.165, 1.54) is 0 Å². The van der Waals surface area contributed by atoms with Crippen LogP contribution in [0.3, 0.4) is 0 Å². The van der Waals surface area contributed by atoms with E-state index in [1.807, 2.05) is 19.1 Å². The molecule has 1 saturated heterocycles. The average molecular weight is 347 g/mol. The van der Waals surface area contributed by atoms with Crippen molar-refractivity contribution in [3.63, 3.8) is 0 Å². The molecule has 0 saturated carbocycles. The first-order valence-corrected chi connectivity index (χ1v) is 9.42. The highest BCUT2D eigenvalue weighted by Gasteiger charge is 2.34. The summed E-state index contributed by atoms with van der Waals surface area (Å²) in [5.74, 6) is 0.667. The number of sulfonamides is 1. The molecule has 2 aromatic rings. The van der Waals surface area contributed by atoms with Crippen molar-refractivity contribution in [1.29, 1.82) is 0 Å². The lowest BCUT2D eigenvalue weighted by Crippen LogP contribution is -2.48. The lowest BCUT2D eigenvalue weighted by molar-refractivity contribution is 0.271. The molecule has 2 heterocycles. The van der Waals surface area contributed by atoms with E-state index in [1.54, 1.807) is 41.0 Å². The molecule has 128 valence electrons. The maximum Gasteiger partial charge on any atom is 0.243 e. The van der Waals surface area contributed by atoms with Gasteiger partial charge in [-0.2, -0.15) is 4.31 Å². The Balaban J connectivity index is 1.91. The Bertz CT molecular complexity index is 763. The number of rotatable bonds is 5. The Morgan fingerprint density at radius 2 is 2.08 bits per heavy atom. The number of aromatic nitrogens is 1. The molecule has 1 unspecified atom stereocenters. The second-order valence-corrected chi connectivity index (χ2v) is 7.42. The third-order valence-electron chi connectivity index (χ3n) is 4.00. The van der Waals surface area contributed by atoms with Crippen LogP contribution in [0.2, 0.25) is 0 Å². The Morgan fingerprint density at radius 1 is 1.29 bits per heavy atom. The van der Waals surface area contributed by atoms with E-state index >= 15 is 0 Å². The summed E-state index contributed by atoms with van der Waals surface area (Å²) in [7, 11) is -3.58. The molecule has 6 nitrogen and oxygen atoms in total. The number of pyridine rings is 1. The molecule has 1 aromatic heterocycles. The van der Waals surface area contributed by atoms with Crippen molar-refractivity contribution in [2.75, 3.05) is 26.2 Å². The number of hydrogen-bond acceptors (Lipinski definition) is 5. The molecule has 0 radical (unpaired) electrons. The topological polar surface area (TPSA) is 71.5 Å². The largest absolute Gasteiger partial charge is 0.494 e. The zero-order chi connectivity index (χ0) is 17.0. The maximum atomic E-state index is 13.1. The van der Waals surface area contributed by atoms with Crippen molar-refractivity contribution in [3.05, 3.63) is 54.4 Å². The SMILES string of the molecule is CCOc1ccc(S(=O)(=O)N2CCNCC2c2cccnc2)cc1. The predicted octanol–water partition coefficient (Wildman–Crippen LogP) is 1.82. The third-order valence-corrected chi connectivity index (χ3v) is 5.93. The van der Waals surface area contributed by atoms with Crippen molar-refractivity contribution in [1.82, 2.24) is 14.6 Å². The monoisotopic (exact) mass is 347 g/mol. The van der Waals surface area contributed by atoms with Gasteiger partial charge in [0.1, 0.15) is 5.75 Å². The lowest BCUT2D eigenvalue weighted by atomic mass is 10.1. The van der Waals surface area contributed by atoms with Crippen LogP contribution in [0.4, 0.5) is 0 Å². The van der Waals surface area contributed by atoms with E-state index in [4.69, 9.17) is 4.74 Å². The fraction of sp³-hybridized carbons (Fsp3) is 0.353. The van der Waals surface area contributed by atoms with E-state index in [9.17, 15) is 8.42 Å². The highest BCUT2D eigenvalue weighted by atomic mass is 32.2. The van der Waals surface area contributed by atoms with E-state index < -0.39 is 10.0 Å². The number of hydrogen-bond donors (Lipinski definition) is 1. The molecule has 0 spiro atoms. The molecular weight excluding hydrogens is 326 g/mol. The summed E-state index contributed by atoms with van der Waals surface area (Å²) in [6, 6.07) is 10.1. The molecular formula is C17H21N3O3S. The Kier molecular flexibility index (Phi) is 5.13. The van der Waals surface area contributed by atoms with E-state index in [0.29, 0.717) is 32.0 Å². The van der Waals surface area contributed by atoms with Crippen LogP contribution in [0.1, 0.15) is 18.5 Å². The zero-order valence-corrected chi connectivity index (χ0v) is 14.4. The molecule has 0 amide bonds. The van der Waals surface area contributed by atoms with Gasteiger partial charge in [-0.3, -0.25) is 4.98 Å². The number of nitrogens with one attached hydrogen (secondary N) is 1. The molecule has 1 fully saturated rings. The summed E-state index contributed by atoms with van der Waals surface area (Å²) in [4.78, 5) is 4.39. The van der Waals surface area contributed by atoms with Crippen molar-refractivity contribution in [2.24, 2.45) is 0 Å². The van der Waals surface area contributed by atoms with Crippen LogP contribution in [0, 0.1) is 0 Å². The molecule has 3 rings (SSSR count). The van der Waals surface area contributed by atoms with E-state index in [-0.39, 0.29) is 10.9 Å². The second kappa shape index (κ2) is 7.29. The molecule has 1 aliphatic heterocycles. The minimum absolute atomic E-state index is 0.260. The summed E-state index contributed by atoms with van der Waals surface area (Å²) < 4.78 is 33.1. The van der Waals surface area contributed by atoms with Crippen LogP contribution >= 0.6 is 0 Å². The smallest absolute Gasteiger partial charge is 0.243 e. The summed E-state index contributed by atoms with van der Waals surface area (Å²) in [5, 5.41) is 3.26. The van der Waals surface area contributed by atoms with Crippen LogP contribution in [0.25, 0.3) is 0 Å². The van der Waals surface area contributed by atoms with Gasteiger partial charge in [-0.1, -0.05) is 6.07 Å². The number of nitrogens with zero attached hydrogens (tertiary/aromatic N) is 2. The highest BCUT2D eigenvalue weighted by Crippen LogP contribution is 2.29. The van der Waals surface area contributed by atoms with Crippen LogP contribution in [-0.4, -0.2) is 43.9 Å². The number of benzene rings is 1. The van der Waals surface area contributed by atoms with Crippen LogP contribution in [0.5, 0.6) is 5.75 Å². The van der Waals surface area contributed by atoms with Crippen molar-refractivity contribution in [3.8, 4) is 5.75 Å². The van der Waals surface area contributed by atoms with Crippen LogP contribution in [0.15, 0.2) is 53.7 Å². The molecule has 24 heavy (non-hydrogen) atoms. The van der Waals surface area contributed by atoms with Crippen molar-refractivity contribution >= 4 is 10.0 Å². The van der Waals surface area contributed by atoms with E-state index in [0.717, 1.165) is 5.56 Å². The first-order chi connectivity index (χ1) is 11.6. The Labute approximate surface area is 142 Å². The third kappa shape index (κ3) is 3.43. The van der Waals surface area contributed by atoms with Gasteiger partial charge in [-0.25, -0.2) is 8.42 Å². The summed E-state index contributed by atoms with van der Waals surface area (Å²) >= 11 is 0. The standard InChI is InChI=1S/C17H21N3O3S/c1-2-23-15-5-7-16(8-6-15)24(21,22)20-11-10-19-13-17(20)14-4-3-9-18-12-14/h3-9,12,17,19H,2,10-11,13H2,1H3. The molecule has 0 aliphatic carbocycles. The van der Waals surface area contributed by atoms with Gasteiger partial charge in [-0.05, 0) is 42.8 Å². The van der Waals surface area contributed by atoms with E-state index in [2.05, 4.69) is 10.3 Å². The summed E-state index contributed by atoms with van der Waals surface area (Å²) in [6.07, 6.45) is 3.41. The lowest BCUT2D eigenvalue weighted by Gasteiger charge is -2.35. The molecule has 1 N–H and O–H groups in total. The minimum Gasteiger partial charge on any atom is -0.494 e. The number of ether oxygens (including phenoxy) is 1. The first kappa shape index (κ1) is 16.9. The molecule has 0 bridgehead atoms. The normalized spacial score (nSPS) is 19.1. The van der Waals surface area contributed by atoms with Gasteiger partial charge < -0.3 is 10.1 Å². The minimum atomic E-state index is -3.58. The first-order valence-electron chi connectivity index (χ1n) is 7.98. The molecule has 1 atom stereocenters. The van der Waals surface area contributed by atoms with Crippen molar-refractivity contribution < 1.29 is 13.2 Å². The average Bonchev–Trinajstić information content (AvgIpc) is 2.63. The van der Waals surface area contributed by atoms with Gasteiger partial charge in [0, 0.05) is 32.0 Å². The quantitative estimate of drug-likeness (QED) is 0.893. The van der Waals surface area contributed by atoms with Crippen LogP contribution in [-0.2, 0) is 10.0 Å². The fourth-order valence-corrected chi connectivity index (χ4v) is 4.45. The van der Waals surface area contributed by atoms with Gasteiger partial charge in [0.05, 0.1) is 17.5 Å². The summed E-state index contributed by atoms with van der Waals surface area (Å²) in [6.45, 7) is 4.07. The molecule has 1 aromatic carbocycles. The van der Waals surface area contributed by atoms with Gasteiger partial charge in [0.25, 0.3) is 0 Å². The van der Waals surface area contributed by atoms with Gasteiger partial charge >= 0.3 is 0 Å². The highest BCUT2D eigenvalue weighted by molar-refractivity contribution is 7.89. The fourth-order valence-electron chi connectivity index (χ4n) is 2.84. The van der Waals surface area contributed by atoms with Crippen molar-refractivity contribution in [2.45, 2.75) is 17.9 Å². The summed E-state index contributed by atoms with van der Waals surface area (Å²) in [5.41, 5.74) is 0.888. The second-order valence-electron chi connectivity index (χ2n) is 5.53. The van der Waals surface area contributed by atoms with Gasteiger partial charge in [0.2, 0.25) is 10.0 Å². The number of piperazine rings is 1. The maximum absolute atomic E-state index is 13.1. The zero-order valence-electron chi connectivity index (χ0n) is 13.6. The Hall–Kier alpha value is -1.96. The van der Waals surface area contributed by atoms with Crippen LogP contribution < -0.4 is 10.1 Å². The Morgan fingerprint density at radius 3 is 2.75 bits per heavy atom. The van der Waals surface area contributed by atoms with Gasteiger partial charge in [0.15, 0.2) is 0 Å². The predicted molar refractivity (Wildman–Crippen MR) is 91.4 cm³/mol. The molecule has 7 heteroatoms.